The van der Waals surface area contributed by atoms with Crippen LogP contribution in [0.25, 0.3) is 5.57 Å². The summed E-state index contributed by atoms with van der Waals surface area (Å²) in [5, 5.41) is 8.78. The third-order valence-corrected chi connectivity index (χ3v) is 7.57. The molecule has 0 aliphatic heterocycles. The second kappa shape index (κ2) is 12.2. The fraction of sp³-hybridized carbons (Fsp3) is 0.417. The maximum absolute atomic E-state index is 15.0. The van der Waals surface area contributed by atoms with E-state index in [0.717, 1.165) is 15.9 Å². The highest BCUT2D eigenvalue weighted by Gasteiger charge is 2.43. The monoisotopic (exact) mass is 592 g/mol. The van der Waals surface area contributed by atoms with Gasteiger partial charge in [0.2, 0.25) is 0 Å². The molecule has 2 heterocycles. The minimum Gasteiger partial charge on any atom is -0.444 e. The lowest BCUT2D eigenvalue weighted by atomic mass is 9.95. The van der Waals surface area contributed by atoms with E-state index in [1.807, 2.05) is 0 Å². The van der Waals surface area contributed by atoms with E-state index in [1.165, 1.54) is 23.8 Å². The van der Waals surface area contributed by atoms with Gasteiger partial charge in [0.15, 0.2) is 11.5 Å². The topological polar surface area (TPSA) is 102 Å². The largest absolute Gasteiger partial charge is 0.444 e. The lowest BCUT2D eigenvalue weighted by Crippen LogP contribution is -2.25. The molecule has 39 heavy (non-hydrogen) atoms. The number of carbonyl (C=O) groups excluding carboxylic acids is 3. The van der Waals surface area contributed by atoms with Gasteiger partial charge >= 0.3 is 12.1 Å². The molecule has 15 heteroatoms. The number of nitrogens with zero attached hydrogens (tertiary/aromatic N) is 2. The molecule has 0 saturated carbocycles. The predicted octanol–water partition coefficient (Wildman–Crippen LogP) is 5.10. The number of amides is 2. The Labute approximate surface area is 227 Å². The van der Waals surface area contributed by atoms with Gasteiger partial charge in [-0.15, -0.1) is 22.7 Å². The maximum atomic E-state index is 15.0. The number of hydrogen-bond donors (Lipinski definition) is 2. The van der Waals surface area contributed by atoms with Crippen molar-refractivity contribution in [3.8, 4) is 0 Å². The Kier molecular flexibility index (Phi) is 9.48. The second-order valence-electron chi connectivity index (χ2n) is 8.63. The lowest BCUT2D eigenvalue weighted by molar-refractivity contribution is -0.151. The summed E-state index contributed by atoms with van der Waals surface area (Å²) in [6.07, 6.45) is -6.62. The summed E-state index contributed by atoms with van der Waals surface area (Å²) in [6, 6.07) is 0. The molecule has 2 amide bonds. The number of anilines is 1. The van der Waals surface area contributed by atoms with Crippen LogP contribution in [0.15, 0.2) is 33.0 Å². The number of thiazole rings is 1. The molecule has 3 rings (SSSR count). The lowest BCUT2D eigenvalue weighted by Gasteiger charge is -2.21. The van der Waals surface area contributed by atoms with E-state index in [4.69, 9.17) is 4.74 Å². The number of alkyl halides is 3. The summed E-state index contributed by atoms with van der Waals surface area (Å²) in [6.45, 7) is 2.55. The van der Waals surface area contributed by atoms with Gasteiger partial charge in [0.05, 0.1) is 23.6 Å². The molecule has 8 nitrogen and oxygen atoms in total. The third kappa shape index (κ3) is 6.64. The minimum absolute atomic E-state index is 0.0824. The van der Waals surface area contributed by atoms with Crippen molar-refractivity contribution in [1.29, 1.82) is 0 Å². The van der Waals surface area contributed by atoms with Crippen molar-refractivity contribution in [2.24, 2.45) is 10.9 Å². The molecule has 0 saturated heterocycles. The van der Waals surface area contributed by atoms with Gasteiger partial charge in [-0.2, -0.15) is 18.2 Å². The fourth-order valence-corrected chi connectivity index (χ4v) is 5.57. The van der Waals surface area contributed by atoms with E-state index in [1.54, 1.807) is 26.3 Å². The Balaban J connectivity index is 2.07. The van der Waals surface area contributed by atoms with Crippen molar-refractivity contribution < 1.29 is 41.1 Å². The average molecular weight is 593 g/mol. The van der Waals surface area contributed by atoms with Gasteiger partial charge in [0.1, 0.15) is 22.2 Å². The molecule has 0 aromatic carbocycles. The van der Waals surface area contributed by atoms with E-state index >= 15 is 4.39 Å². The average Bonchev–Trinajstić information content (AvgIpc) is 3.44. The number of allylic oxidation sites excluding steroid dienone is 4. The Morgan fingerprint density at radius 2 is 1.82 bits per heavy atom. The molecule has 1 aliphatic carbocycles. The molecule has 0 unspecified atom stereocenters. The van der Waals surface area contributed by atoms with Crippen molar-refractivity contribution in [2.75, 3.05) is 19.4 Å². The molecule has 0 atom stereocenters. The Bertz CT molecular complexity index is 1420. The van der Waals surface area contributed by atoms with Crippen LogP contribution in [0.4, 0.5) is 27.0 Å². The number of thiophene rings is 1. The van der Waals surface area contributed by atoms with Gasteiger partial charge in [-0.3, -0.25) is 19.0 Å². The smallest absolute Gasteiger partial charge is 0.421 e. The van der Waals surface area contributed by atoms with Crippen molar-refractivity contribution in [1.82, 2.24) is 9.88 Å². The molecular weight excluding hydrogens is 567 g/mol. The highest BCUT2D eigenvalue weighted by molar-refractivity contribution is 7.14. The van der Waals surface area contributed by atoms with Crippen LogP contribution in [0.2, 0.25) is 0 Å². The summed E-state index contributed by atoms with van der Waals surface area (Å²) in [7, 11) is 3.06. The molecule has 0 radical (unpaired) electrons. The van der Waals surface area contributed by atoms with Gasteiger partial charge < -0.3 is 15.4 Å². The van der Waals surface area contributed by atoms with Crippen molar-refractivity contribution in [2.45, 2.75) is 46.0 Å². The molecular formula is C24H25F5N4O4S2. The molecule has 0 bridgehead atoms. The zero-order valence-electron chi connectivity index (χ0n) is 21.3. The van der Waals surface area contributed by atoms with Gasteiger partial charge in [0, 0.05) is 31.5 Å². The third-order valence-electron chi connectivity index (χ3n) is 5.66. The van der Waals surface area contributed by atoms with Crippen molar-refractivity contribution in [3.05, 3.63) is 49.6 Å². The summed E-state index contributed by atoms with van der Waals surface area (Å²) in [5.74, 6) is -5.71. The number of rotatable bonds is 8. The van der Waals surface area contributed by atoms with Crippen LogP contribution in [-0.2, 0) is 27.5 Å². The van der Waals surface area contributed by atoms with Gasteiger partial charge in [-0.1, -0.05) is 13.8 Å². The summed E-state index contributed by atoms with van der Waals surface area (Å²) >= 11 is 2.02. The van der Waals surface area contributed by atoms with Crippen molar-refractivity contribution in [3.63, 3.8) is 0 Å². The van der Waals surface area contributed by atoms with E-state index in [0.29, 0.717) is 10.6 Å². The first-order chi connectivity index (χ1) is 18.3. The van der Waals surface area contributed by atoms with Crippen LogP contribution in [-0.4, -0.2) is 42.6 Å². The van der Waals surface area contributed by atoms with Gasteiger partial charge in [-0.25, -0.2) is 8.78 Å². The Morgan fingerprint density at radius 3 is 2.41 bits per heavy atom. The highest BCUT2D eigenvalue weighted by Crippen LogP contribution is 2.44. The van der Waals surface area contributed by atoms with Crippen LogP contribution < -0.4 is 15.4 Å². The normalized spacial score (nSPS) is 14.8. The van der Waals surface area contributed by atoms with Crippen LogP contribution in [0.1, 0.15) is 48.3 Å². The predicted molar refractivity (Wildman–Crippen MR) is 136 cm³/mol. The quantitative estimate of drug-likeness (QED) is 0.328. The first kappa shape index (κ1) is 30.2. The summed E-state index contributed by atoms with van der Waals surface area (Å²) < 4.78 is 75.4. The molecule has 0 spiro atoms. The van der Waals surface area contributed by atoms with Gasteiger partial charge in [0.25, 0.3) is 11.8 Å². The zero-order chi connectivity index (χ0) is 29.1. The molecule has 212 valence electrons. The molecule has 2 N–H and O–H groups in total. The number of hydrogen-bond acceptors (Lipinski definition) is 7. The maximum Gasteiger partial charge on any atom is 0.421 e. The van der Waals surface area contributed by atoms with E-state index in [-0.39, 0.29) is 22.5 Å². The van der Waals surface area contributed by atoms with E-state index in [2.05, 4.69) is 15.6 Å². The number of ether oxygens (including phenoxy) is 1. The van der Waals surface area contributed by atoms with Crippen LogP contribution in [0, 0.1) is 5.92 Å². The first-order valence-corrected chi connectivity index (χ1v) is 13.3. The standard InChI is InChI=1S/C24H25F5N4O4S2/c1-11(2)22(36)37-10-33-15(13-5-6-14(25)18(19(13)26)24(27,28)29)9-39-23(33)32-16(34)7-12-8-38-21(31-4)17(12)20(35)30-3/h8-9,11,31H,5-7,10H2,1-4H3,(H,30,35). The number of nitrogens with one attached hydrogen (secondary N) is 2. The highest BCUT2D eigenvalue weighted by atomic mass is 32.1. The van der Waals surface area contributed by atoms with Crippen LogP contribution in [0.5, 0.6) is 0 Å². The van der Waals surface area contributed by atoms with E-state index in [9.17, 15) is 31.9 Å². The molecule has 2 aromatic heterocycles. The molecule has 2 aromatic rings. The second-order valence-corrected chi connectivity index (χ2v) is 10.3. The van der Waals surface area contributed by atoms with Crippen molar-refractivity contribution >= 4 is 51.0 Å². The SMILES string of the molecule is CNC(=O)c1c(CC(=O)N=c2scc(C3=C(F)C(C(F)(F)F)=C(F)CC3)n2COC(=O)C(C)C)csc1NC. The number of aromatic nitrogens is 1. The Morgan fingerprint density at radius 1 is 1.13 bits per heavy atom. The first-order valence-electron chi connectivity index (χ1n) is 11.6. The fourth-order valence-electron chi connectivity index (χ4n) is 3.73. The van der Waals surface area contributed by atoms with Crippen LogP contribution in [0.3, 0.4) is 0 Å². The molecule has 0 fully saturated rings. The number of halogens is 5. The number of esters is 1. The van der Waals surface area contributed by atoms with Gasteiger partial charge in [-0.05, 0) is 17.4 Å². The van der Waals surface area contributed by atoms with Crippen LogP contribution >= 0.6 is 22.7 Å². The minimum atomic E-state index is -5.26. The van der Waals surface area contributed by atoms with E-state index < -0.39 is 72.3 Å². The molecule has 1 aliphatic rings. The summed E-state index contributed by atoms with van der Waals surface area (Å²) in [5.41, 5.74) is -1.91. The zero-order valence-corrected chi connectivity index (χ0v) is 22.9. The number of carbonyl (C=O) groups is 3. The summed E-state index contributed by atoms with van der Waals surface area (Å²) in [4.78, 5) is 41.2. The Hall–Kier alpha value is -3.33.